The highest BCUT2D eigenvalue weighted by molar-refractivity contribution is 5.88. The topological polar surface area (TPSA) is 95.7 Å². The SMILES string of the molecule is Cc1cc(C)n2nc(C(=O)OC3CC(C)OC3=O)nc2n1. The van der Waals surface area contributed by atoms with E-state index in [4.69, 9.17) is 9.47 Å². The summed E-state index contributed by atoms with van der Waals surface area (Å²) < 4.78 is 11.5. The van der Waals surface area contributed by atoms with Crippen molar-refractivity contribution in [2.24, 2.45) is 0 Å². The van der Waals surface area contributed by atoms with E-state index in [9.17, 15) is 9.59 Å². The Labute approximate surface area is 120 Å². The van der Waals surface area contributed by atoms with Gasteiger partial charge in [-0.2, -0.15) is 4.98 Å². The Kier molecular flexibility index (Phi) is 3.08. The average Bonchev–Trinajstić information content (AvgIpc) is 2.93. The summed E-state index contributed by atoms with van der Waals surface area (Å²) in [6.07, 6.45) is -0.806. The van der Waals surface area contributed by atoms with Gasteiger partial charge in [0.25, 0.3) is 11.6 Å². The molecule has 0 spiro atoms. The molecule has 1 aliphatic rings. The van der Waals surface area contributed by atoms with Gasteiger partial charge >= 0.3 is 11.9 Å². The smallest absolute Gasteiger partial charge is 0.379 e. The van der Waals surface area contributed by atoms with E-state index in [1.807, 2.05) is 19.9 Å². The number of ether oxygens (including phenoxy) is 2. The van der Waals surface area contributed by atoms with Crippen molar-refractivity contribution in [3.8, 4) is 0 Å². The van der Waals surface area contributed by atoms with Gasteiger partial charge in [-0.1, -0.05) is 0 Å². The summed E-state index contributed by atoms with van der Waals surface area (Å²) in [5.74, 6) is -1.09. The molecular formula is C13H14N4O4. The molecule has 21 heavy (non-hydrogen) atoms. The first-order chi connectivity index (χ1) is 9.94. The lowest BCUT2D eigenvalue weighted by Crippen LogP contribution is -2.23. The zero-order valence-electron chi connectivity index (χ0n) is 11.9. The van der Waals surface area contributed by atoms with Crippen molar-refractivity contribution in [1.82, 2.24) is 19.6 Å². The highest BCUT2D eigenvalue weighted by Gasteiger charge is 2.36. The van der Waals surface area contributed by atoms with E-state index < -0.39 is 18.0 Å². The average molecular weight is 290 g/mol. The molecule has 0 radical (unpaired) electrons. The minimum atomic E-state index is -0.894. The summed E-state index contributed by atoms with van der Waals surface area (Å²) in [6.45, 7) is 5.40. The molecule has 1 fully saturated rings. The summed E-state index contributed by atoms with van der Waals surface area (Å²) in [4.78, 5) is 31.7. The minimum absolute atomic E-state index is 0.122. The number of nitrogens with zero attached hydrogens (tertiary/aromatic N) is 4. The van der Waals surface area contributed by atoms with Gasteiger partial charge in [-0.25, -0.2) is 19.1 Å². The maximum Gasteiger partial charge on any atom is 0.379 e. The standard InChI is InChI=1S/C13H14N4O4/c1-6-4-7(2)17-13(14-6)15-10(16-17)12(19)21-9-5-8(3)20-11(9)18/h4,8-9H,5H2,1-3H3. The molecular weight excluding hydrogens is 276 g/mol. The van der Waals surface area contributed by atoms with E-state index in [1.54, 1.807) is 6.92 Å². The van der Waals surface area contributed by atoms with Gasteiger partial charge in [-0.3, -0.25) is 0 Å². The van der Waals surface area contributed by atoms with Crippen LogP contribution in [-0.2, 0) is 14.3 Å². The van der Waals surface area contributed by atoms with Gasteiger partial charge in [0, 0.05) is 17.8 Å². The van der Waals surface area contributed by atoms with Crippen LogP contribution in [0.3, 0.4) is 0 Å². The van der Waals surface area contributed by atoms with Crippen molar-refractivity contribution in [2.45, 2.75) is 39.4 Å². The second-order valence-electron chi connectivity index (χ2n) is 5.06. The van der Waals surface area contributed by atoms with Crippen LogP contribution in [-0.4, -0.2) is 43.7 Å². The Morgan fingerprint density at radius 1 is 1.43 bits per heavy atom. The van der Waals surface area contributed by atoms with Crippen molar-refractivity contribution < 1.29 is 19.1 Å². The molecule has 110 valence electrons. The predicted octanol–water partition coefficient (Wildman–Crippen LogP) is 0.602. The Morgan fingerprint density at radius 2 is 2.19 bits per heavy atom. The Bertz CT molecular complexity index is 739. The number of aryl methyl sites for hydroxylation is 2. The van der Waals surface area contributed by atoms with Crippen molar-refractivity contribution in [2.75, 3.05) is 0 Å². The number of hydrogen-bond acceptors (Lipinski definition) is 7. The molecule has 2 aromatic rings. The summed E-state index contributed by atoms with van der Waals surface area (Å²) in [5, 5.41) is 4.06. The maximum atomic E-state index is 12.0. The number of aromatic nitrogens is 4. The third-order valence-electron chi connectivity index (χ3n) is 3.18. The molecule has 0 saturated carbocycles. The van der Waals surface area contributed by atoms with Crippen molar-refractivity contribution in [1.29, 1.82) is 0 Å². The zero-order chi connectivity index (χ0) is 15.1. The van der Waals surface area contributed by atoms with Crippen molar-refractivity contribution in [3.05, 3.63) is 23.3 Å². The molecule has 8 heteroatoms. The lowest BCUT2D eigenvalue weighted by Gasteiger charge is -2.05. The Balaban J connectivity index is 1.85. The second kappa shape index (κ2) is 4.80. The molecule has 1 aliphatic heterocycles. The van der Waals surface area contributed by atoms with Crippen LogP contribution < -0.4 is 0 Å². The number of rotatable bonds is 2. The molecule has 2 unspecified atom stereocenters. The highest BCUT2D eigenvalue weighted by atomic mass is 16.6. The van der Waals surface area contributed by atoms with Gasteiger partial charge in [0.05, 0.1) is 0 Å². The van der Waals surface area contributed by atoms with Crippen LogP contribution in [0.2, 0.25) is 0 Å². The van der Waals surface area contributed by atoms with E-state index in [2.05, 4.69) is 15.1 Å². The number of fused-ring (bicyclic) bond motifs is 1. The van der Waals surface area contributed by atoms with E-state index in [0.29, 0.717) is 12.2 Å². The largest absolute Gasteiger partial charge is 0.460 e. The molecule has 0 aromatic carbocycles. The minimum Gasteiger partial charge on any atom is -0.460 e. The molecule has 0 amide bonds. The van der Waals surface area contributed by atoms with E-state index in [-0.39, 0.29) is 11.9 Å². The van der Waals surface area contributed by atoms with Crippen LogP contribution in [0.25, 0.3) is 5.78 Å². The quantitative estimate of drug-likeness (QED) is 0.747. The number of hydrogen-bond donors (Lipinski definition) is 0. The zero-order valence-corrected chi connectivity index (χ0v) is 11.9. The fraction of sp³-hybridized carbons (Fsp3) is 0.462. The van der Waals surface area contributed by atoms with Gasteiger partial charge in [0.15, 0.2) is 0 Å². The molecule has 8 nitrogen and oxygen atoms in total. The number of carbonyl (C=O) groups is 2. The van der Waals surface area contributed by atoms with Crippen LogP contribution in [0, 0.1) is 13.8 Å². The van der Waals surface area contributed by atoms with Crippen LogP contribution in [0.15, 0.2) is 6.07 Å². The number of esters is 2. The van der Waals surface area contributed by atoms with E-state index in [0.717, 1.165) is 11.4 Å². The number of carbonyl (C=O) groups excluding carboxylic acids is 2. The highest BCUT2D eigenvalue weighted by Crippen LogP contribution is 2.18. The normalized spacial score (nSPS) is 21.6. The fourth-order valence-electron chi connectivity index (χ4n) is 2.25. The van der Waals surface area contributed by atoms with Gasteiger partial charge in [-0.05, 0) is 26.8 Å². The third-order valence-corrected chi connectivity index (χ3v) is 3.18. The number of cyclic esters (lactones) is 1. The lowest BCUT2D eigenvalue weighted by atomic mass is 10.2. The first kappa shape index (κ1) is 13.5. The van der Waals surface area contributed by atoms with Crippen molar-refractivity contribution >= 4 is 17.7 Å². The second-order valence-corrected chi connectivity index (χ2v) is 5.06. The third kappa shape index (κ3) is 2.44. The predicted molar refractivity (Wildman–Crippen MR) is 69.6 cm³/mol. The molecule has 0 N–H and O–H groups in total. The van der Waals surface area contributed by atoms with Gasteiger partial charge < -0.3 is 9.47 Å². The molecule has 0 bridgehead atoms. The van der Waals surface area contributed by atoms with Crippen LogP contribution >= 0.6 is 0 Å². The summed E-state index contributed by atoms with van der Waals surface area (Å²) in [7, 11) is 0. The summed E-state index contributed by atoms with van der Waals surface area (Å²) in [5.41, 5.74) is 1.58. The Morgan fingerprint density at radius 3 is 2.86 bits per heavy atom. The maximum absolute atomic E-state index is 12.0. The molecule has 1 saturated heterocycles. The van der Waals surface area contributed by atoms with Gasteiger partial charge in [0.2, 0.25) is 6.10 Å². The Hall–Kier alpha value is -2.51. The van der Waals surface area contributed by atoms with E-state index >= 15 is 0 Å². The molecule has 2 atom stereocenters. The summed E-state index contributed by atoms with van der Waals surface area (Å²) >= 11 is 0. The first-order valence-corrected chi connectivity index (χ1v) is 6.56. The lowest BCUT2D eigenvalue weighted by molar-refractivity contribution is -0.147. The van der Waals surface area contributed by atoms with Crippen LogP contribution in [0.4, 0.5) is 0 Å². The molecule has 3 heterocycles. The molecule has 0 aliphatic carbocycles. The summed E-state index contributed by atoms with van der Waals surface area (Å²) in [6, 6.07) is 1.83. The van der Waals surface area contributed by atoms with Crippen molar-refractivity contribution in [3.63, 3.8) is 0 Å². The van der Waals surface area contributed by atoms with E-state index in [1.165, 1.54) is 4.52 Å². The van der Waals surface area contributed by atoms with Gasteiger partial charge in [-0.15, -0.1) is 5.10 Å². The first-order valence-electron chi connectivity index (χ1n) is 6.56. The molecule has 3 rings (SSSR count). The van der Waals surface area contributed by atoms with Gasteiger partial charge in [0.1, 0.15) is 6.10 Å². The van der Waals surface area contributed by atoms with Crippen LogP contribution in [0.1, 0.15) is 35.4 Å². The van der Waals surface area contributed by atoms with Crippen LogP contribution in [0.5, 0.6) is 0 Å². The molecule has 2 aromatic heterocycles. The fourth-order valence-corrected chi connectivity index (χ4v) is 2.25. The monoisotopic (exact) mass is 290 g/mol.